The number of fused-ring (bicyclic) bond motifs is 1. The van der Waals surface area contributed by atoms with Gasteiger partial charge in [-0.25, -0.2) is 23.7 Å². The summed E-state index contributed by atoms with van der Waals surface area (Å²) < 4.78 is 68.6. The van der Waals surface area contributed by atoms with Gasteiger partial charge in [0.05, 0.1) is 21.8 Å². The summed E-state index contributed by atoms with van der Waals surface area (Å²) in [5.74, 6) is 4.74. The van der Waals surface area contributed by atoms with Gasteiger partial charge in [-0.05, 0) is 6.92 Å². The second-order valence-corrected chi connectivity index (χ2v) is 10.9. The quantitative estimate of drug-likeness (QED) is 0.150. The molecule has 188 valence electrons. The lowest BCUT2D eigenvalue weighted by Gasteiger charge is -2.27. The van der Waals surface area contributed by atoms with Crippen molar-refractivity contribution in [1.29, 1.82) is 0 Å². The molecule has 21 heteroatoms. The molecule has 2 aromatic rings. The first kappa shape index (κ1) is 23.9. The van der Waals surface area contributed by atoms with E-state index in [0.29, 0.717) is 0 Å². The maximum Gasteiger partial charge on any atom is 0.490 e. The van der Waals surface area contributed by atoms with Crippen LogP contribution in [0, 0.1) is 11.8 Å². The van der Waals surface area contributed by atoms with Gasteiger partial charge in [-0.3, -0.25) is 9.09 Å². The maximum absolute atomic E-state index is 12.2. The molecule has 0 radical (unpaired) electrons. The topological polar surface area (TPSA) is 285 Å². The number of aliphatic hydroxyl groups is 1. The number of hydrogen-bond acceptors (Lipinski definition) is 13. The summed E-state index contributed by atoms with van der Waals surface area (Å²) in [6.07, 6.45) is -3.45. The van der Waals surface area contributed by atoms with Crippen LogP contribution in [0.2, 0.25) is 0 Å². The zero-order chi connectivity index (χ0) is 27.3. The van der Waals surface area contributed by atoms with Crippen LogP contribution in [0.4, 0.5) is 5.95 Å². The van der Waals surface area contributed by atoms with Gasteiger partial charge in [0.15, 0.2) is 17.4 Å². The number of nitrogens with zero attached hydrogens (tertiary/aromatic N) is 4. The third-order valence-electron chi connectivity index (χ3n) is 4.09. The first-order valence-corrected chi connectivity index (χ1v) is 13.2. The lowest BCUT2D eigenvalue weighted by molar-refractivity contribution is -0.0438. The first-order chi connectivity index (χ1) is 16.3. The predicted molar refractivity (Wildman–Crippen MR) is 110 cm³/mol. The molecule has 3 heterocycles. The smallest absolute Gasteiger partial charge is 0.387 e. The Morgan fingerprint density at radius 2 is 1.94 bits per heavy atom. The van der Waals surface area contributed by atoms with Gasteiger partial charge in [-0.1, -0.05) is 5.92 Å². The van der Waals surface area contributed by atoms with Gasteiger partial charge in [-0.15, -0.1) is 5.92 Å². The van der Waals surface area contributed by atoms with Crippen LogP contribution in [0.5, 0.6) is 0 Å². The van der Waals surface area contributed by atoms with Gasteiger partial charge in [0.1, 0.15) is 17.7 Å². The Hall–Kier alpha value is -1.80. The van der Waals surface area contributed by atoms with Crippen LogP contribution in [0.3, 0.4) is 0 Å². The fourth-order valence-corrected chi connectivity index (χ4v) is 5.77. The van der Waals surface area contributed by atoms with Crippen LogP contribution in [-0.4, -0.2) is 68.5 Å². The second kappa shape index (κ2) is 9.34. The van der Waals surface area contributed by atoms with Crippen molar-refractivity contribution < 1.29 is 59.0 Å². The molecule has 18 nitrogen and oxygen atoms in total. The van der Waals surface area contributed by atoms with Crippen molar-refractivity contribution in [1.82, 2.24) is 19.5 Å². The van der Waals surface area contributed by atoms with Gasteiger partial charge < -0.3 is 40.9 Å². The number of nitrogen functional groups attached to an aromatic ring is 1. The molecule has 0 saturated carbocycles. The van der Waals surface area contributed by atoms with E-state index in [1.807, 2.05) is 0 Å². The van der Waals surface area contributed by atoms with E-state index in [2.05, 4.69) is 39.9 Å². The molecule has 0 aromatic carbocycles. The highest BCUT2D eigenvalue weighted by atomic mass is 31.3. The lowest BCUT2D eigenvalue weighted by atomic mass is 9.91. The van der Waals surface area contributed by atoms with Crippen molar-refractivity contribution in [3.63, 3.8) is 0 Å². The minimum atomic E-state index is -5.96. The highest BCUT2D eigenvalue weighted by Gasteiger charge is 2.55. The van der Waals surface area contributed by atoms with E-state index in [-0.39, 0.29) is 17.1 Å². The number of anilines is 1. The normalized spacial score (nSPS) is 30.0. The molecule has 0 amide bonds. The molecule has 0 bridgehead atoms. The molecule has 2 aromatic heterocycles. The Morgan fingerprint density at radius 3 is 2.56 bits per heavy atom. The van der Waals surface area contributed by atoms with Crippen molar-refractivity contribution >= 4 is 40.6 Å². The van der Waals surface area contributed by atoms with Gasteiger partial charge in [0, 0.05) is 0 Å². The third-order valence-corrected chi connectivity index (χ3v) is 7.75. The SMILES string of the molecule is [2H]C([2H])(OP(=O)(O)OP(=O)(O)OP(=O)(O)O)[C@H]1O[C@@H](n2cnc3cnc(N)nc32)C(N)(C#CC)[C@H]1O. The summed E-state index contributed by atoms with van der Waals surface area (Å²) in [4.78, 5) is 48.0. The van der Waals surface area contributed by atoms with E-state index in [1.54, 1.807) is 0 Å². The van der Waals surface area contributed by atoms with Crippen LogP contribution in [-0.2, 0) is 31.6 Å². The highest BCUT2D eigenvalue weighted by Crippen LogP contribution is 2.66. The van der Waals surface area contributed by atoms with Crippen molar-refractivity contribution in [2.24, 2.45) is 5.73 Å². The van der Waals surface area contributed by atoms with Crippen molar-refractivity contribution in [3.8, 4) is 11.8 Å². The molecule has 0 aliphatic carbocycles. The third kappa shape index (κ3) is 5.88. The Bertz CT molecular complexity index is 1380. The average molecular weight is 546 g/mol. The lowest BCUT2D eigenvalue weighted by Crippen LogP contribution is -2.53. The summed E-state index contributed by atoms with van der Waals surface area (Å²) in [5, 5.41) is 10.8. The summed E-state index contributed by atoms with van der Waals surface area (Å²) in [5.41, 5.74) is 9.98. The number of hydrogen-bond donors (Lipinski definition) is 7. The van der Waals surface area contributed by atoms with E-state index in [0.717, 1.165) is 10.9 Å². The molecule has 6 atom stereocenters. The van der Waals surface area contributed by atoms with Crippen LogP contribution in [0.25, 0.3) is 11.2 Å². The standard InChI is InChI=1S/C13H19N6O12P3/c1-2-3-13(15)9(20)8(5-28-33(24,25)31-34(26,27)30-32(21,22)23)29-11(13)19-6-17-7-4-16-12(14)18-10(7)19/h4,6,8-9,11,20H,5,15H2,1H3,(H,24,25)(H,26,27)(H2,14,16,18)(H2,21,22,23)/t8-,9+,11-,13?/m1/s1/i5D2. The van der Waals surface area contributed by atoms with Crippen molar-refractivity contribution in [2.45, 2.75) is 30.9 Å². The van der Waals surface area contributed by atoms with Gasteiger partial charge >= 0.3 is 23.5 Å². The summed E-state index contributed by atoms with van der Waals surface area (Å²) in [7, 11) is -17.6. The molecule has 0 spiro atoms. The largest absolute Gasteiger partial charge is 0.490 e. The molecule has 1 saturated heterocycles. The number of nitrogens with two attached hydrogens (primary N) is 2. The fourth-order valence-electron chi connectivity index (χ4n) is 2.89. The number of imidazole rings is 1. The number of phosphoric ester groups is 1. The molecule has 3 unspecified atom stereocenters. The molecule has 1 fully saturated rings. The Labute approximate surface area is 193 Å². The Morgan fingerprint density at radius 1 is 1.26 bits per heavy atom. The van der Waals surface area contributed by atoms with Crippen LogP contribution in [0.1, 0.15) is 15.9 Å². The molecule has 1 aliphatic heterocycles. The molecule has 1 aliphatic rings. The average Bonchev–Trinajstić information content (AvgIpc) is 3.17. The predicted octanol–water partition coefficient (Wildman–Crippen LogP) is -1.27. The summed E-state index contributed by atoms with van der Waals surface area (Å²) in [6.45, 7) is -2.16. The van der Waals surface area contributed by atoms with Crippen molar-refractivity contribution in [3.05, 3.63) is 12.5 Å². The van der Waals surface area contributed by atoms with E-state index < -0.39 is 54.0 Å². The Balaban J connectivity index is 1.95. The van der Waals surface area contributed by atoms with Gasteiger partial charge in [-0.2, -0.15) is 13.6 Å². The van der Waals surface area contributed by atoms with E-state index in [4.69, 9.17) is 28.7 Å². The number of aromatic nitrogens is 4. The fraction of sp³-hybridized carbons (Fsp3) is 0.462. The minimum Gasteiger partial charge on any atom is -0.387 e. The van der Waals surface area contributed by atoms with E-state index >= 15 is 0 Å². The maximum atomic E-state index is 12.2. The zero-order valence-electron chi connectivity index (χ0n) is 18.8. The number of ether oxygens (including phenoxy) is 1. The first-order valence-electron chi connectivity index (χ1n) is 9.66. The summed E-state index contributed by atoms with van der Waals surface area (Å²) >= 11 is 0. The summed E-state index contributed by atoms with van der Waals surface area (Å²) in [6, 6.07) is 0. The van der Waals surface area contributed by atoms with Crippen molar-refractivity contribution in [2.75, 3.05) is 12.3 Å². The van der Waals surface area contributed by atoms with Crippen LogP contribution >= 0.6 is 23.5 Å². The molecular formula is C13H19N6O12P3. The van der Waals surface area contributed by atoms with Crippen LogP contribution in [0.15, 0.2) is 12.5 Å². The highest BCUT2D eigenvalue weighted by molar-refractivity contribution is 7.66. The molecule has 9 N–H and O–H groups in total. The number of aliphatic hydroxyl groups excluding tert-OH is 1. The molecular weight excluding hydrogens is 525 g/mol. The van der Waals surface area contributed by atoms with Crippen LogP contribution < -0.4 is 11.5 Å². The van der Waals surface area contributed by atoms with E-state index in [1.165, 1.54) is 13.1 Å². The number of rotatable bonds is 8. The second-order valence-electron chi connectivity index (χ2n) is 6.55. The molecule has 3 rings (SSSR count). The monoisotopic (exact) mass is 546 g/mol. The van der Waals surface area contributed by atoms with E-state index in [9.17, 15) is 28.6 Å². The molecule has 34 heavy (non-hydrogen) atoms. The Kier molecular flexibility index (Phi) is 6.57. The number of phosphoric acid groups is 3. The minimum absolute atomic E-state index is 0.0431. The van der Waals surface area contributed by atoms with Gasteiger partial charge in [0.25, 0.3) is 0 Å². The zero-order valence-corrected chi connectivity index (χ0v) is 19.4. The van der Waals surface area contributed by atoms with Gasteiger partial charge in [0.2, 0.25) is 5.95 Å².